The molecule has 110 valence electrons. The summed E-state index contributed by atoms with van der Waals surface area (Å²) in [6.07, 6.45) is 17.3. The quantitative estimate of drug-likeness (QED) is 0.341. The highest BCUT2D eigenvalue weighted by molar-refractivity contribution is 4.48. The monoisotopic (exact) mass is 256 g/mol. The second-order valence-corrected chi connectivity index (χ2v) is 5.81. The van der Waals surface area contributed by atoms with Gasteiger partial charge in [0.05, 0.1) is 6.10 Å². The predicted molar refractivity (Wildman–Crippen MR) is 82.2 cm³/mol. The summed E-state index contributed by atoms with van der Waals surface area (Å²) in [5.41, 5.74) is 0. The van der Waals surface area contributed by atoms with Crippen molar-refractivity contribution in [1.82, 2.24) is 0 Å². The zero-order valence-electron chi connectivity index (χ0n) is 13.2. The van der Waals surface area contributed by atoms with Crippen molar-refractivity contribution in [2.75, 3.05) is 6.61 Å². The first-order valence-corrected chi connectivity index (χ1v) is 8.39. The van der Waals surface area contributed by atoms with E-state index in [1.807, 2.05) is 0 Å². The fourth-order valence-corrected chi connectivity index (χ4v) is 2.26. The number of hydrogen-bond donors (Lipinski definition) is 0. The van der Waals surface area contributed by atoms with E-state index in [4.69, 9.17) is 4.74 Å². The Morgan fingerprint density at radius 1 is 0.611 bits per heavy atom. The molecule has 0 N–H and O–H groups in total. The molecular formula is C17H36O. The van der Waals surface area contributed by atoms with Gasteiger partial charge in [-0.15, -0.1) is 0 Å². The Morgan fingerprint density at radius 3 is 1.39 bits per heavy atom. The van der Waals surface area contributed by atoms with Gasteiger partial charge in [0.2, 0.25) is 0 Å². The molecular weight excluding hydrogens is 220 g/mol. The molecule has 0 rings (SSSR count). The Balaban J connectivity index is 2.90. The standard InChI is InChI=1S/C17H36O/c1-4-5-6-7-8-9-10-11-12-13-14-15-16-18-17(2)3/h17H,4-16H2,1-3H3. The summed E-state index contributed by atoms with van der Waals surface area (Å²) in [6, 6.07) is 0. The summed E-state index contributed by atoms with van der Waals surface area (Å²) < 4.78 is 5.53. The van der Waals surface area contributed by atoms with E-state index in [9.17, 15) is 0 Å². The van der Waals surface area contributed by atoms with E-state index in [0.29, 0.717) is 6.10 Å². The number of rotatable bonds is 14. The Kier molecular flexibility index (Phi) is 15.0. The zero-order valence-corrected chi connectivity index (χ0v) is 13.2. The molecule has 0 aromatic carbocycles. The molecule has 18 heavy (non-hydrogen) atoms. The molecule has 0 aromatic rings. The minimum Gasteiger partial charge on any atom is -0.379 e. The lowest BCUT2D eigenvalue weighted by Gasteiger charge is -2.06. The van der Waals surface area contributed by atoms with Crippen molar-refractivity contribution < 1.29 is 4.74 Å². The maximum atomic E-state index is 5.53. The summed E-state index contributed by atoms with van der Waals surface area (Å²) in [4.78, 5) is 0. The fourth-order valence-electron chi connectivity index (χ4n) is 2.26. The minimum atomic E-state index is 0.401. The third-order valence-corrected chi connectivity index (χ3v) is 3.45. The van der Waals surface area contributed by atoms with E-state index in [0.717, 1.165) is 6.61 Å². The molecule has 0 spiro atoms. The van der Waals surface area contributed by atoms with Crippen LogP contribution in [0.1, 0.15) is 97.8 Å². The van der Waals surface area contributed by atoms with Gasteiger partial charge in [-0.2, -0.15) is 0 Å². The van der Waals surface area contributed by atoms with Gasteiger partial charge < -0.3 is 4.74 Å². The Morgan fingerprint density at radius 2 is 1.00 bits per heavy atom. The van der Waals surface area contributed by atoms with E-state index in [2.05, 4.69) is 20.8 Å². The van der Waals surface area contributed by atoms with Crippen LogP contribution in [0.5, 0.6) is 0 Å². The van der Waals surface area contributed by atoms with Crippen LogP contribution < -0.4 is 0 Å². The molecule has 0 heterocycles. The van der Waals surface area contributed by atoms with Gasteiger partial charge in [0.15, 0.2) is 0 Å². The fraction of sp³-hybridized carbons (Fsp3) is 1.00. The van der Waals surface area contributed by atoms with Crippen LogP contribution >= 0.6 is 0 Å². The first kappa shape index (κ1) is 18.0. The van der Waals surface area contributed by atoms with Gasteiger partial charge in [0, 0.05) is 6.61 Å². The van der Waals surface area contributed by atoms with Crippen LogP contribution in [-0.2, 0) is 4.74 Å². The van der Waals surface area contributed by atoms with E-state index in [-0.39, 0.29) is 0 Å². The largest absolute Gasteiger partial charge is 0.379 e. The van der Waals surface area contributed by atoms with Crippen LogP contribution in [0.2, 0.25) is 0 Å². The lowest BCUT2D eigenvalue weighted by molar-refractivity contribution is 0.0756. The van der Waals surface area contributed by atoms with Crippen LogP contribution in [0, 0.1) is 0 Å². The van der Waals surface area contributed by atoms with E-state index < -0.39 is 0 Å². The topological polar surface area (TPSA) is 9.23 Å². The second-order valence-electron chi connectivity index (χ2n) is 5.81. The highest BCUT2D eigenvalue weighted by Gasteiger charge is 1.95. The average molecular weight is 256 g/mol. The summed E-state index contributed by atoms with van der Waals surface area (Å²) in [5, 5.41) is 0. The molecule has 0 aromatic heterocycles. The number of ether oxygens (including phenoxy) is 1. The number of unbranched alkanes of at least 4 members (excludes halogenated alkanes) is 11. The highest BCUT2D eigenvalue weighted by Crippen LogP contribution is 2.11. The van der Waals surface area contributed by atoms with Crippen LogP contribution in [0.3, 0.4) is 0 Å². The van der Waals surface area contributed by atoms with E-state index in [1.165, 1.54) is 77.0 Å². The lowest BCUT2D eigenvalue weighted by atomic mass is 10.1. The molecule has 0 saturated heterocycles. The highest BCUT2D eigenvalue weighted by atomic mass is 16.5. The van der Waals surface area contributed by atoms with Gasteiger partial charge in [-0.3, -0.25) is 0 Å². The minimum absolute atomic E-state index is 0.401. The first-order valence-electron chi connectivity index (χ1n) is 8.39. The van der Waals surface area contributed by atoms with Crippen LogP contribution in [-0.4, -0.2) is 12.7 Å². The molecule has 0 fully saturated rings. The van der Waals surface area contributed by atoms with Crippen molar-refractivity contribution in [3.8, 4) is 0 Å². The molecule has 0 saturated carbocycles. The van der Waals surface area contributed by atoms with Crippen molar-refractivity contribution in [3.05, 3.63) is 0 Å². The molecule has 0 unspecified atom stereocenters. The molecule has 1 nitrogen and oxygen atoms in total. The van der Waals surface area contributed by atoms with Gasteiger partial charge in [0.1, 0.15) is 0 Å². The molecule has 0 atom stereocenters. The Labute approximate surface area is 116 Å². The normalized spacial score (nSPS) is 11.3. The molecule has 1 heteroatoms. The van der Waals surface area contributed by atoms with Crippen molar-refractivity contribution >= 4 is 0 Å². The Bertz CT molecular complexity index is 143. The van der Waals surface area contributed by atoms with Crippen molar-refractivity contribution in [2.24, 2.45) is 0 Å². The predicted octanol–water partition coefficient (Wildman–Crippen LogP) is 6.11. The first-order chi connectivity index (χ1) is 8.77. The lowest BCUT2D eigenvalue weighted by Crippen LogP contribution is -2.03. The van der Waals surface area contributed by atoms with Gasteiger partial charge >= 0.3 is 0 Å². The summed E-state index contributed by atoms with van der Waals surface area (Å²) in [5.74, 6) is 0. The average Bonchev–Trinajstić information content (AvgIpc) is 2.34. The molecule has 0 aliphatic rings. The smallest absolute Gasteiger partial charge is 0.0518 e. The third kappa shape index (κ3) is 16.0. The van der Waals surface area contributed by atoms with E-state index >= 15 is 0 Å². The molecule has 0 amide bonds. The summed E-state index contributed by atoms with van der Waals surface area (Å²) >= 11 is 0. The maximum Gasteiger partial charge on any atom is 0.0518 e. The summed E-state index contributed by atoms with van der Waals surface area (Å²) in [7, 11) is 0. The molecule has 0 aliphatic heterocycles. The third-order valence-electron chi connectivity index (χ3n) is 3.45. The summed E-state index contributed by atoms with van der Waals surface area (Å²) in [6.45, 7) is 7.46. The van der Waals surface area contributed by atoms with Gasteiger partial charge in [0.25, 0.3) is 0 Å². The van der Waals surface area contributed by atoms with Gasteiger partial charge in [-0.1, -0.05) is 77.6 Å². The number of hydrogen-bond acceptors (Lipinski definition) is 1. The molecule has 0 aliphatic carbocycles. The Hall–Kier alpha value is -0.0400. The van der Waals surface area contributed by atoms with Crippen LogP contribution in [0.4, 0.5) is 0 Å². The maximum absolute atomic E-state index is 5.53. The molecule has 0 bridgehead atoms. The molecule has 0 radical (unpaired) electrons. The zero-order chi connectivity index (χ0) is 13.5. The van der Waals surface area contributed by atoms with Gasteiger partial charge in [-0.25, -0.2) is 0 Å². The van der Waals surface area contributed by atoms with E-state index in [1.54, 1.807) is 0 Å². The van der Waals surface area contributed by atoms with Crippen molar-refractivity contribution in [3.63, 3.8) is 0 Å². The van der Waals surface area contributed by atoms with Crippen LogP contribution in [0.25, 0.3) is 0 Å². The second kappa shape index (κ2) is 15.0. The SMILES string of the molecule is CCCCCCCCCCCCCCOC(C)C. The van der Waals surface area contributed by atoms with Crippen molar-refractivity contribution in [2.45, 2.75) is 104 Å². The van der Waals surface area contributed by atoms with Gasteiger partial charge in [-0.05, 0) is 20.3 Å². The van der Waals surface area contributed by atoms with Crippen LogP contribution in [0.15, 0.2) is 0 Å². The van der Waals surface area contributed by atoms with Crippen molar-refractivity contribution in [1.29, 1.82) is 0 Å².